The Bertz CT molecular complexity index is 1740. The summed E-state index contributed by atoms with van der Waals surface area (Å²) in [6, 6.07) is 26.3. The molecular formula is C54H81ClN3O3Yb. The Kier molecular flexibility index (Phi) is 26.0. The van der Waals surface area contributed by atoms with Crippen LogP contribution in [0.5, 0.6) is 11.5 Å². The molecule has 1 saturated heterocycles. The topological polar surface area (TPSA) is 93.8 Å². The fraction of sp³-hybridized carbons (Fsp3) is 0.537. The molecule has 0 spiro atoms. The zero-order valence-corrected chi connectivity index (χ0v) is 44.2. The molecule has 5 rings (SSSR count). The van der Waals surface area contributed by atoms with Crippen molar-refractivity contribution in [3.63, 3.8) is 0 Å². The number of aryl methyl sites for hydroxylation is 3. The van der Waals surface area contributed by atoms with E-state index in [1.807, 2.05) is 80.6 Å². The van der Waals surface area contributed by atoms with E-state index in [0.29, 0.717) is 17.0 Å². The molecule has 8 heteroatoms. The number of guanidine groups is 1. The third kappa shape index (κ3) is 23.4. The van der Waals surface area contributed by atoms with Crippen molar-refractivity contribution < 1.29 is 61.9 Å². The van der Waals surface area contributed by atoms with Gasteiger partial charge in [-0.15, -0.1) is 11.5 Å². The van der Waals surface area contributed by atoms with E-state index in [1.54, 1.807) is 0 Å². The van der Waals surface area contributed by atoms with E-state index < -0.39 is 0 Å². The smallest absolute Gasteiger partial charge is 0.872 e. The molecule has 0 aliphatic carbocycles. The van der Waals surface area contributed by atoms with Crippen molar-refractivity contribution in [2.75, 3.05) is 13.2 Å². The predicted molar refractivity (Wildman–Crippen MR) is 263 cm³/mol. The summed E-state index contributed by atoms with van der Waals surface area (Å²) in [7, 11) is 0. The molecular weight excluding hydrogens is 947 g/mol. The molecule has 4 aromatic carbocycles. The zero-order chi connectivity index (χ0) is 46.9. The van der Waals surface area contributed by atoms with E-state index in [0.717, 1.165) is 41.2 Å². The molecule has 351 valence electrons. The summed E-state index contributed by atoms with van der Waals surface area (Å²) in [5.41, 5.74) is 7.91. The Morgan fingerprint density at radius 1 is 0.597 bits per heavy atom. The average Bonchev–Trinajstić information content (AvgIpc) is 3.71. The van der Waals surface area contributed by atoms with E-state index in [-0.39, 0.29) is 86.1 Å². The van der Waals surface area contributed by atoms with Crippen LogP contribution in [-0.4, -0.2) is 31.3 Å². The number of aliphatic imine (C=N–C) groups is 1. The summed E-state index contributed by atoms with van der Waals surface area (Å²) in [6.07, 6.45) is 2.56. The van der Waals surface area contributed by atoms with Gasteiger partial charge >= 0.3 is 46.9 Å². The van der Waals surface area contributed by atoms with Gasteiger partial charge in [-0.1, -0.05) is 206 Å². The molecule has 1 aliphatic rings. The van der Waals surface area contributed by atoms with Gasteiger partial charge in [-0.3, -0.25) is 0 Å². The van der Waals surface area contributed by atoms with Crippen molar-refractivity contribution in [1.82, 2.24) is 5.32 Å². The van der Waals surface area contributed by atoms with E-state index in [9.17, 15) is 10.2 Å². The molecule has 1 fully saturated rings. The number of rotatable bonds is 3. The second-order valence-corrected chi connectivity index (χ2v) is 21.2. The van der Waals surface area contributed by atoms with Gasteiger partial charge < -0.3 is 30.6 Å². The first-order valence-corrected chi connectivity index (χ1v) is 22.4. The van der Waals surface area contributed by atoms with Crippen LogP contribution in [0.25, 0.3) is 5.32 Å². The van der Waals surface area contributed by atoms with Crippen molar-refractivity contribution in [3.05, 3.63) is 128 Å². The van der Waals surface area contributed by atoms with Crippen LogP contribution in [0.2, 0.25) is 5.02 Å². The summed E-state index contributed by atoms with van der Waals surface area (Å²) < 4.78 is 4.94. The van der Waals surface area contributed by atoms with Crippen molar-refractivity contribution in [2.24, 2.45) is 4.99 Å². The number of benzene rings is 4. The van der Waals surface area contributed by atoms with Crippen LogP contribution in [0.4, 0.5) is 5.69 Å². The fourth-order valence-electron chi connectivity index (χ4n) is 6.06. The first-order chi connectivity index (χ1) is 27.9. The third-order valence-electron chi connectivity index (χ3n) is 9.33. The monoisotopic (exact) mass is 1030 g/mol. The molecule has 1 aliphatic heterocycles. The van der Waals surface area contributed by atoms with Crippen molar-refractivity contribution in [2.45, 2.75) is 178 Å². The fourth-order valence-corrected chi connectivity index (χ4v) is 6.18. The van der Waals surface area contributed by atoms with Crippen molar-refractivity contribution in [3.8, 4) is 11.5 Å². The minimum absolute atomic E-state index is 0. The molecule has 0 aromatic heterocycles. The molecule has 0 amide bonds. The predicted octanol–water partition coefficient (Wildman–Crippen LogP) is 14.2. The maximum atomic E-state index is 12.4. The van der Waals surface area contributed by atoms with Gasteiger partial charge in [-0.05, 0) is 107 Å². The van der Waals surface area contributed by atoms with Crippen molar-refractivity contribution in [1.29, 1.82) is 0 Å². The number of hydrogen-bond donors (Lipinski definition) is 1. The van der Waals surface area contributed by atoms with E-state index in [1.165, 1.54) is 29.5 Å². The summed E-state index contributed by atoms with van der Waals surface area (Å²) in [5, 5.41) is 33.2. The van der Waals surface area contributed by atoms with E-state index >= 15 is 0 Å². The Balaban J connectivity index is 0.000000786. The SMILES string of the molecule is C1CCOC1.CC(C)[N-]C(=Nc1ccc(Cl)cc1)NC(C)C.Cc1cc(C(C)(C)C)c([O-])c(C(C)(C)C)c1.Cc1cc(C(C)(C)C)c([O-])c(C(C)(C)C)c1.Cc1ccccc1.[Yb+3]. The number of halogens is 1. The molecule has 0 unspecified atom stereocenters. The molecule has 1 N–H and O–H groups in total. The molecule has 4 aromatic rings. The van der Waals surface area contributed by atoms with Gasteiger partial charge in [-0.25, -0.2) is 0 Å². The quantitative estimate of drug-likeness (QED) is 0.163. The summed E-state index contributed by atoms with van der Waals surface area (Å²) in [4.78, 5) is 4.46. The average molecular weight is 1030 g/mol. The molecule has 1 heterocycles. The van der Waals surface area contributed by atoms with Gasteiger partial charge in [0.05, 0.1) is 0 Å². The Hall–Kier alpha value is -2.48. The number of hydrogen-bond acceptors (Lipinski definition) is 4. The minimum atomic E-state index is -0.0803. The molecule has 0 bridgehead atoms. The summed E-state index contributed by atoms with van der Waals surface area (Å²) in [5.74, 6) is 1.09. The van der Waals surface area contributed by atoms with Gasteiger partial charge in [-0.2, -0.15) is 0 Å². The van der Waals surface area contributed by atoms with Crippen LogP contribution in [0.1, 0.15) is 163 Å². The standard InChI is InChI=1S/2C15H24O.C13H19ClN3.C7H8.C4H8O.Yb/c2*1-10-8-11(14(2,3)4)13(16)12(9-10)15(5,6)7;1-9(2)15-13(16-10(3)4)17-12-7-5-11(14)6-8-12;1-7-5-3-2-4-6-7;1-2-4-5-3-1;/h2*8-9,16H,1-7H3;5-10H,1-4H3,(H-,15,16,17);2-6H,1H3;1-4H2;/q;;-1;;;+3/p-2. The van der Waals surface area contributed by atoms with Gasteiger partial charge in [0.2, 0.25) is 0 Å². The van der Waals surface area contributed by atoms with Crippen LogP contribution in [0.3, 0.4) is 0 Å². The van der Waals surface area contributed by atoms with Gasteiger partial charge in [0.15, 0.2) is 0 Å². The van der Waals surface area contributed by atoms with Crippen molar-refractivity contribution >= 4 is 23.2 Å². The van der Waals surface area contributed by atoms with Crippen LogP contribution < -0.4 is 15.5 Å². The number of nitrogens with one attached hydrogen (secondary N) is 1. The molecule has 62 heavy (non-hydrogen) atoms. The van der Waals surface area contributed by atoms with Gasteiger partial charge in [0, 0.05) is 24.2 Å². The third-order valence-corrected chi connectivity index (χ3v) is 9.58. The van der Waals surface area contributed by atoms with Gasteiger partial charge in [0.25, 0.3) is 0 Å². The second-order valence-electron chi connectivity index (χ2n) is 20.8. The first-order valence-electron chi connectivity index (χ1n) is 22.0. The minimum Gasteiger partial charge on any atom is -0.872 e. The normalized spacial score (nSPS) is 12.9. The molecule has 0 atom stereocenters. The van der Waals surface area contributed by atoms with Crippen LogP contribution >= 0.6 is 11.6 Å². The Morgan fingerprint density at radius 3 is 1.19 bits per heavy atom. The molecule has 1 radical (unpaired) electrons. The summed E-state index contributed by atoms with van der Waals surface area (Å²) in [6.45, 7) is 41.5. The molecule has 6 nitrogen and oxygen atoms in total. The Morgan fingerprint density at radius 2 is 0.952 bits per heavy atom. The zero-order valence-electron chi connectivity index (χ0n) is 41.8. The second kappa shape index (κ2) is 27.1. The largest absolute Gasteiger partial charge is 3.00 e. The Labute approximate surface area is 422 Å². The molecule has 0 saturated carbocycles. The maximum Gasteiger partial charge on any atom is 3.00 e. The number of nitrogens with zero attached hydrogens (tertiary/aromatic N) is 2. The van der Waals surface area contributed by atoms with Crippen LogP contribution in [0.15, 0.2) is 83.9 Å². The summed E-state index contributed by atoms with van der Waals surface area (Å²) >= 11 is 5.83. The van der Waals surface area contributed by atoms with Crippen LogP contribution in [-0.2, 0) is 26.4 Å². The van der Waals surface area contributed by atoms with Crippen LogP contribution in [0, 0.1) is 67.7 Å². The van der Waals surface area contributed by atoms with Gasteiger partial charge in [0.1, 0.15) is 0 Å². The number of ether oxygens (including phenoxy) is 1. The first kappa shape index (κ1) is 59.5. The van der Waals surface area contributed by atoms with E-state index in [2.05, 4.69) is 145 Å². The maximum absolute atomic E-state index is 12.4. The van der Waals surface area contributed by atoms with E-state index in [4.69, 9.17) is 16.3 Å².